The van der Waals surface area contributed by atoms with Gasteiger partial charge in [0.2, 0.25) is 0 Å². The third kappa shape index (κ3) is 11.2. The van der Waals surface area contributed by atoms with Crippen molar-refractivity contribution in [2.45, 2.75) is 140 Å². The van der Waals surface area contributed by atoms with E-state index in [-0.39, 0.29) is 36.6 Å². The second-order valence-corrected chi connectivity index (χ2v) is 11.6. The SMILES string of the molecule is O[C@@H]1C[C@H](OC2CCCCO2)[C@H](C=CCCCCCCOC2CCCCO2)[C@@H]1CCCCCCc1nnn[nH]1. The van der Waals surface area contributed by atoms with E-state index >= 15 is 0 Å². The molecule has 0 spiro atoms. The molecular weight excluding hydrogens is 496 g/mol. The number of nitrogens with one attached hydrogen (secondary N) is 1. The molecular formula is C30H52N4O5. The quantitative estimate of drug-likeness (QED) is 0.179. The molecule has 1 aromatic rings. The predicted molar refractivity (Wildman–Crippen MR) is 149 cm³/mol. The zero-order chi connectivity index (χ0) is 27.0. The number of allylic oxidation sites excluding steroid dienone is 1. The number of tetrazole rings is 1. The average molecular weight is 549 g/mol. The van der Waals surface area contributed by atoms with Gasteiger partial charge in [0.15, 0.2) is 12.6 Å². The van der Waals surface area contributed by atoms with E-state index in [1.54, 1.807) is 0 Å². The maximum Gasteiger partial charge on any atom is 0.157 e. The summed E-state index contributed by atoms with van der Waals surface area (Å²) in [5.74, 6) is 1.38. The van der Waals surface area contributed by atoms with Gasteiger partial charge in [-0.15, -0.1) is 5.10 Å². The van der Waals surface area contributed by atoms with Crippen molar-refractivity contribution in [2.75, 3.05) is 19.8 Å². The molecule has 0 radical (unpaired) electrons. The maximum absolute atomic E-state index is 11.0. The third-order valence-electron chi connectivity index (χ3n) is 8.51. The van der Waals surface area contributed by atoms with E-state index in [2.05, 4.69) is 32.8 Å². The van der Waals surface area contributed by atoms with Gasteiger partial charge in [-0.2, -0.15) is 0 Å². The largest absolute Gasteiger partial charge is 0.393 e. The Morgan fingerprint density at radius 2 is 1.67 bits per heavy atom. The van der Waals surface area contributed by atoms with Crippen LogP contribution >= 0.6 is 0 Å². The number of hydrogen-bond acceptors (Lipinski definition) is 8. The Morgan fingerprint density at radius 3 is 2.44 bits per heavy atom. The molecule has 2 unspecified atom stereocenters. The lowest BCUT2D eigenvalue weighted by Crippen LogP contribution is -2.30. The molecule has 3 heterocycles. The summed E-state index contributed by atoms with van der Waals surface area (Å²) in [5, 5.41) is 25.1. The molecule has 0 aromatic carbocycles. The van der Waals surface area contributed by atoms with Crippen molar-refractivity contribution in [3.63, 3.8) is 0 Å². The van der Waals surface area contributed by atoms with E-state index in [1.165, 1.54) is 32.1 Å². The Hall–Kier alpha value is -1.39. The first-order valence-corrected chi connectivity index (χ1v) is 15.9. The molecule has 4 rings (SSSR count). The summed E-state index contributed by atoms with van der Waals surface area (Å²) in [6.07, 6.45) is 24.0. The lowest BCUT2D eigenvalue weighted by Gasteiger charge is -2.29. The fourth-order valence-corrected chi connectivity index (χ4v) is 6.25. The Bertz CT molecular complexity index is 767. The van der Waals surface area contributed by atoms with Crippen molar-refractivity contribution < 1.29 is 24.1 Å². The van der Waals surface area contributed by atoms with E-state index in [1.807, 2.05) is 0 Å². The van der Waals surface area contributed by atoms with E-state index in [0.717, 1.165) is 103 Å². The first-order valence-electron chi connectivity index (χ1n) is 15.9. The highest BCUT2D eigenvalue weighted by atomic mass is 16.7. The summed E-state index contributed by atoms with van der Waals surface area (Å²) in [6.45, 7) is 2.44. The van der Waals surface area contributed by atoms with Crippen molar-refractivity contribution in [3.8, 4) is 0 Å². The molecule has 3 fully saturated rings. The van der Waals surface area contributed by atoms with Crippen LogP contribution < -0.4 is 0 Å². The molecule has 0 amide bonds. The molecule has 9 nitrogen and oxygen atoms in total. The molecule has 2 aliphatic heterocycles. The summed E-state index contributed by atoms with van der Waals surface area (Å²) in [5.41, 5.74) is 0. The monoisotopic (exact) mass is 548 g/mol. The first kappa shape index (κ1) is 30.6. The molecule has 3 aliphatic rings. The number of aryl methyl sites for hydroxylation is 1. The van der Waals surface area contributed by atoms with Crippen molar-refractivity contribution in [3.05, 3.63) is 18.0 Å². The molecule has 2 N–H and O–H groups in total. The molecule has 1 saturated carbocycles. The van der Waals surface area contributed by atoms with Crippen LogP contribution in [0.5, 0.6) is 0 Å². The predicted octanol–water partition coefficient (Wildman–Crippen LogP) is 5.65. The van der Waals surface area contributed by atoms with Gasteiger partial charge in [0.1, 0.15) is 5.82 Å². The van der Waals surface area contributed by atoms with Gasteiger partial charge in [0.25, 0.3) is 0 Å². The Balaban J connectivity index is 1.15. The van der Waals surface area contributed by atoms with Gasteiger partial charge in [-0.25, -0.2) is 5.10 Å². The van der Waals surface area contributed by atoms with Gasteiger partial charge in [-0.05, 0) is 87.0 Å². The zero-order valence-corrected chi connectivity index (χ0v) is 23.9. The molecule has 39 heavy (non-hydrogen) atoms. The van der Waals surface area contributed by atoms with Crippen LogP contribution in [0.1, 0.15) is 115 Å². The number of nitrogens with zero attached hydrogens (tertiary/aromatic N) is 3. The third-order valence-corrected chi connectivity index (χ3v) is 8.51. The van der Waals surface area contributed by atoms with Gasteiger partial charge in [-0.3, -0.25) is 0 Å². The van der Waals surface area contributed by atoms with Gasteiger partial charge < -0.3 is 24.1 Å². The smallest absolute Gasteiger partial charge is 0.157 e. The minimum Gasteiger partial charge on any atom is -0.393 e. The summed E-state index contributed by atoms with van der Waals surface area (Å²) in [7, 11) is 0. The minimum atomic E-state index is -0.304. The minimum absolute atomic E-state index is 0.0300. The van der Waals surface area contributed by atoms with E-state index in [9.17, 15) is 5.11 Å². The van der Waals surface area contributed by atoms with Gasteiger partial charge >= 0.3 is 0 Å². The molecule has 9 heteroatoms. The molecule has 2 saturated heterocycles. The molecule has 222 valence electrons. The average Bonchev–Trinajstić information content (AvgIpc) is 3.58. The Morgan fingerprint density at radius 1 is 0.897 bits per heavy atom. The Labute approximate surface area is 234 Å². The topological polar surface area (TPSA) is 112 Å². The van der Waals surface area contributed by atoms with Gasteiger partial charge in [-0.1, -0.05) is 44.3 Å². The van der Waals surface area contributed by atoms with Crippen LogP contribution in [0.25, 0.3) is 0 Å². The molecule has 0 bridgehead atoms. The number of aliphatic hydroxyl groups is 1. The number of rotatable bonds is 18. The van der Waals surface area contributed by atoms with E-state index in [0.29, 0.717) is 6.42 Å². The highest BCUT2D eigenvalue weighted by Gasteiger charge is 2.42. The van der Waals surface area contributed by atoms with Gasteiger partial charge in [0.05, 0.1) is 12.2 Å². The first-order chi connectivity index (χ1) is 19.3. The number of aliphatic hydroxyl groups excluding tert-OH is 1. The second-order valence-electron chi connectivity index (χ2n) is 11.6. The van der Waals surface area contributed by atoms with Crippen LogP contribution in [0.15, 0.2) is 12.2 Å². The van der Waals surface area contributed by atoms with Crippen LogP contribution in [0.2, 0.25) is 0 Å². The summed E-state index contributed by atoms with van der Waals surface area (Å²) >= 11 is 0. The van der Waals surface area contributed by atoms with Crippen LogP contribution in [-0.2, 0) is 25.4 Å². The number of unbranched alkanes of at least 4 members (excludes halogenated alkanes) is 7. The van der Waals surface area contributed by atoms with Crippen LogP contribution in [-0.4, -0.2) is 70.3 Å². The standard InChI is InChI=1S/C30H52N4O5/c35-26-23-27(39-30-19-11-14-22-38-30)25(24(26)15-7-4-5-9-17-28-31-33-34-32-28)16-8-3-1-2-6-12-20-36-29-18-10-13-21-37-29/h8,16,24-27,29-30,35H,1-7,9-15,17-23H2,(H,31,32,33,34)/t24-,25+,26+,27-,29?,30?/m0/s1. The zero-order valence-electron chi connectivity index (χ0n) is 23.9. The number of H-pyrrole nitrogens is 1. The lowest BCUT2D eigenvalue weighted by atomic mass is 9.88. The van der Waals surface area contributed by atoms with E-state index < -0.39 is 0 Å². The van der Waals surface area contributed by atoms with Crippen molar-refractivity contribution in [2.24, 2.45) is 11.8 Å². The Kier molecular flexibility index (Phi) is 14.2. The number of aromatic nitrogens is 4. The van der Waals surface area contributed by atoms with E-state index in [4.69, 9.17) is 18.9 Å². The molecule has 6 atom stereocenters. The summed E-state index contributed by atoms with van der Waals surface area (Å²) in [6, 6.07) is 0. The second kappa shape index (κ2) is 18.1. The van der Waals surface area contributed by atoms with Gasteiger partial charge in [0, 0.05) is 38.6 Å². The summed E-state index contributed by atoms with van der Waals surface area (Å²) < 4.78 is 23.8. The highest BCUT2D eigenvalue weighted by Crippen LogP contribution is 2.40. The summed E-state index contributed by atoms with van der Waals surface area (Å²) in [4.78, 5) is 0. The number of hydrogen-bond donors (Lipinski definition) is 2. The molecule has 1 aliphatic carbocycles. The van der Waals surface area contributed by atoms with Crippen molar-refractivity contribution >= 4 is 0 Å². The fourth-order valence-electron chi connectivity index (χ4n) is 6.25. The highest BCUT2D eigenvalue weighted by molar-refractivity contribution is 5.03. The maximum atomic E-state index is 11.0. The van der Waals surface area contributed by atoms with Crippen molar-refractivity contribution in [1.29, 1.82) is 0 Å². The molecule has 1 aromatic heterocycles. The number of aromatic amines is 1. The normalized spacial score (nSPS) is 29.9. The lowest BCUT2D eigenvalue weighted by molar-refractivity contribution is -0.193. The number of ether oxygens (including phenoxy) is 4. The van der Waals surface area contributed by atoms with Crippen LogP contribution in [0, 0.1) is 11.8 Å². The van der Waals surface area contributed by atoms with Crippen LogP contribution in [0.3, 0.4) is 0 Å². The fraction of sp³-hybridized carbons (Fsp3) is 0.900. The van der Waals surface area contributed by atoms with Crippen LogP contribution in [0.4, 0.5) is 0 Å². The van der Waals surface area contributed by atoms with Crippen molar-refractivity contribution in [1.82, 2.24) is 20.6 Å².